The van der Waals surface area contributed by atoms with E-state index in [0.29, 0.717) is 26.1 Å². The molecule has 0 aliphatic carbocycles. The minimum absolute atomic E-state index is 0.0684. The van der Waals surface area contributed by atoms with Crippen LogP contribution in [0.1, 0.15) is 39.0 Å². The summed E-state index contributed by atoms with van der Waals surface area (Å²) in [5.74, 6) is -0.424. The van der Waals surface area contributed by atoms with Crippen molar-refractivity contribution in [1.82, 2.24) is 14.7 Å². The lowest BCUT2D eigenvalue weighted by Gasteiger charge is -2.36. The summed E-state index contributed by atoms with van der Waals surface area (Å²) in [5, 5.41) is 0. The van der Waals surface area contributed by atoms with E-state index in [2.05, 4.69) is 0 Å². The second-order valence-electron chi connectivity index (χ2n) is 7.70. The summed E-state index contributed by atoms with van der Waals surface area (Å²) in [6, 6.07) is 0.0772. The number of amides is 4. The van der Waals surface area contributed by atoms with Gasteiger partial charge in [0, 0.05) is 39.3 Å². The van der Waals surface area contributed by atoms with Gasteiger partial charge >= 0.3 is 6.03 Å². The Hall–Kier alpha value is -1.79. The Morgan fingerprint density at radius 3 is 2.25 bits per heavy atom. The molecule has 7 nitrogen and oxygen atoms in total. The fourth-order valence-electron chi connectivity index (χ4n) is 4.07. The van der Waals surface area contributed by atoms with Crippen LogP contribution in [0.3, 0.4) is 0 Å². The molecule has 3 aliphatic heterocycles. The number of primary amides is 1. The number of carbonyl (C=O) groups is 3. The number of nitrogens with two attached hydrogens (primary N) is 1. The normalized spacial score (nSPS) is 30.7. The number of piperidine rings is 1. The molecule has 2 atom stereocenters. The van der Waals surface area contributed by atoms with Crippen molar-refractivity contribution >= 4 is 17.8 Å². The molecule has 24 heavy (non-hydrogen) atoms. The minimum Gasteiger partial charge on any atom is -0.369 e. The SMILES string of the molecule is C[C@]1(C(N)=O)CCN(C(=O)[C@H]2CCCN(C(=O)N3CCCC3)C2)C1. The van der Waals surface area contributed by atoms with Crippen LogP contribution in [0.2, 0.25) is 0 Å². The number of urea groups is 1. The van der Waals surface area contributed by atoms with Crippen LogP contribution in [0.15, 0.2) is 0 Å². The van der Waals surface area contributed by atoms with Gasteiger partial charge in [0.05, 0.1) is 11.3 Å². The van der Waals surface area contributed by atoms with Crippen LogP contribution in [-0.4, -0.2) is 71.8 Å². The highest BCUT2D eigenvalue weighted by Crippen LogP contribution is 2.31. The smallest absolute Gasteiger partial charge is 0.320 e. The zero-order valence-electron chi connectivity index (χ0n) is 14.5. The molecule has 0 spiro atoms. The first-order chi connectivity index (χ1) is 11.4. The predicted octanol–water partition coefficient (Wildman–Crippen LogP) is 0.638. The molecule has 2 N–H and O–H groups in total. The Bertz CT molecular complexity index is 532. The second-order valence-corrected chi connectivity index (χ2v) is 7.70. The lowest BCUT2D eigenvalue weighted by Crippen LogP contribution is -2.50. The van der Waals surface area contributed by atoms with Gasteiger partial charge in [0.1, 0.15) is 0 Å². The highest BCUT2D eigenvalue weighted by molar-refractivity contribution is 5.85. The van der Waals surface area contributed by atoms with Crippen molar-refractivity contribution in [3.8, 4) is 0 Å². The van der Waals surface area contributed by atoms with Crippen molar-refractivity contribution in [2.75, 3.05) is 39.3 Å². The molecule has 0 aromatic carbocycles. The van der Waals surface area contributed by atoms with E-state index in [4.69, 9.17) is 5.73 Å². The molecule has 0 unspecified atom stereocenters. The van der Waals surface area contributed by atoms with Gasteiger partial charge in [-0.05, 0) is 39.0 Å². The molecule has 3 rings (SSSR count). The average Bonchev–Trinajstić information content (AvgIpc) is 3.24. The maximum atomic E-state index is 12.8. The monoisotopic (exact) mass is 336 g/mol. The number of hydrogen-bond acceptors (Lipinski definition) is 3. The van der Waals surface area contributed by atoms with E-state index in [1.54, 1.807) is 4.90 Å². The van der Waals surface area contributed by atoms with E-state index in [-0.39, 0.29) is 23.8 Å². The third kappa shape index (κ3) is 3.21. The summed E-state index contributed by atoms with van der Waals surface area (Å²) in [7, 11) is 0. The maximum absolute atomic E-state index is 12.8. The van der Waals surface area contributed by atoms with Gasteiger partial charge in [0.25, 0.3) is 0 Å². The Kier molecular flexibility index (Phi) is 4.69. The lowest BCUT2D eigenvalue weighted by molar-refractivity contribution is -0.136. The summed E-state index contributed by atoms with van der Waals surface area (Å²) in [4.78, 5) is 42.4. The molecule has 0 aromatic rings. The Labute approximate surface area is 143 Å². The summed E-state index contributed by atoms with van der Waals surface area (Å²) in [5.41, 5.74) is 4.85. The molecule has 134 valence electrons. The van der Waals surface area contributed by atoms with Crippen LogP contribution in [-0.2, 0) is 9.59 Å². The Morgan fingerprint density at radius 2 is 1.62 bits per heavy atom. The highest BCUT2D eigenvalue weighted by atomic mass is 16.2. The molecule has 3 heterocycles. The molecule has 0 bridgehead atoms. The first-order valence-electron chi connectivity index (χ1n) is 9.03. The maximum Gasteiger partial charge on any atom is 0.320 e. The number of likely N-dealkylation sites (tertiary alicyclic amines) is 3. The summed E-state index contributed by atoms with van der Waals surface area (Å²) in [6.07, 6.45) is 4.43. The molecule has 4 amide bonds. The van der Waals surface area contributed by atoms with Gasteiger partial charge < -0.3 is 20.4 Å². The van der Waals surface area contributed by atoms with Crippen molar-refractivity contribution in [2.45, 2.75) is 39.0 Å². The molecular formula is C17H28N4O3. The molecular weight excluding hydrogens is 308 g/mol. The number of hydrogen-bond donors (Lipinski definition) is 1. The first kappa shape index (κ1) is 17.0. The molecule has 3 fully saturated rings. The molecule has 0 saturated carbocycles. The predicted molar refractivity (Wildman–Crippen MR) is 89.0 cm³/mol. The quantitative estimate of drug-likeness (QED) is 0.803. The van der Waals surface area contributed by atoms with Crippen molar-refractivity contribution < 1.29 is 14.4 Å². The van der Waals surface area contributed by atoms with Crippen molar-refractivity contribution in [2.24, 2.45) is 17.1 Å². The fourth-order valence-corrected chi connectivity index (χ4v) is 4.07. The van der Waals surface area contributed by atoms with E-state index in [1.165, 1.54) is 0 Å². The zero-order valence-corrected chi connectivity index (χ0v) is 14.5. The molecule has 3 aliphatic rings. The Balaban J connectivity index is 1.59. The summed E-state index contributed by atoms with van der Waals surface area (Å²) in [6.45, 7) is 5.70. The average molecular weight is 336 g/mol. The molecule has 7 heteroatoms. The largest absolute Gasteiger partial charge is 0.369 e. The molecule has 0 radical (unpaired) electrons. The van der Waals surface area contributed by atoms with E-state index in [9.17, 15) is 14.4 Å². The van der Waals surface area contributed by atoms with Gasteiger partial charge in [-0.3, -0.25) is 9.59 Å². The van der Waals surface area contributed by atoms with Gasteiger partial charge in [0.15, 0.2) is 0 Å². The van der Waals surface area contributed by atoms with Crippen LogP contribution in [0.25, 0.3) is 0 Å². The van der Waals surface area contributed by atoms with E-state index in [0.717, 1.165) is 45.3 Å². The van der Waals surface area contributed by atoms with Crippen LogP contribution >= 0.6 is 0 Å². The van der Waals surface area contributed by atoms with Gasteiger partial charge in [-0.15, -0.1) is 0 Å². The standard InChI is InChI=1S/C17H28N4O3/c1-17(15(18)23)6-10-21(12-17)14(22)13-5-4-9-20(11-13)16(24)19-7-2-3-8-19/h13H,2-12H2,1H3,(H2,18,23)/t13-,17-/m0/s1. The van der Waals surface area contributed by atoms with Crippen LogP contribution in [0.4, 0.5) is 4.79 Å². The van der Waals surface area contributed by atoms with Crippen molar-refractivity contribution in [3.63, 3.8) is 0 Å². The Morgan fingerprint density at radius 1 is 0.958 bits per heavy atom. The van der Waals surface area contributed by atoms with Crippen molar-refractivity contribution in [3.05, 3.63) is 0 Å². The first-order valence-corrected chi connectivity index (χ1v) is 9.03. The fraction of sp³-hybridized carbons (Fsp3) is 0.824. The van der Waals surface area contributed by atoms with Gasteiger partial charge in [0.2, 0.25) is 11.8 Å². The van der Waals surface area contributed by atoms with Crippen LogP contribution < -0.4 is 5.73 Å². The molecule has 3 saturated heterocycles. The van der Waals surface area contributed by atoms with Crippen molar-refractivity contribution in [1.29, 1.82) is 0 Å². The van der Waals surface area contributed by atoms with E-state index in [1.807, 2.05) is 16.7 Å². The van der Waals surface area contributed by atoms with Crippen LogP contribution in [0, 0.1) is 11.3 Å². The third-order valence-corrected chi connectivity index (χ3v) is 5.80. The van der Waals surface area contributed by atoms with Crippen LogP contribution in [0.5, 0.6) is 0 Å². The van der Waals surface area contributed by atoms with Gasteiger partial charge in [-0.2, -0.15) is 0 Å². The van der Waals surface area contributed by atoms with E-state index >= 15 is 0 Å². The number of nitrogens with zero attached hydrogens (tertiary/aromatic N) is 3. The topological polar surface area (TPSA) is 87.0 Å². The number of carbonyl (C=O) groups excluding carboxylic acids is 3. The second kappa shape index (κ2) is 6.61. The molecule has 0 aromatic heterocycles. The minimum atomic E-state index is -0.616. The third-order valence-electron chi connectivity index (χ3n) is 5.80. The lowest BCUT2D eigenvalue weighted by atomic mass is 9.89. The summed E-state index contributed by atoms with van der Waals surface area (Å²) < 4.78 is 0. The number of rotatable bonds is 2. The van der Waals surface area contributed by atoms with E-state index < -0.39 is 5.41 Å². The summed E-state index contributed by atoms with van der Waals surface area (Å²) >= 11 is 0. The highest BCUT2D eigenvalue weighted by Gasteiger charge is 2.43. The zero-order chi connectivity index (χ0) is 17.3. The van der Waals surface area contributed by atoms with Gasteiger partial charge in [-0.25, -0.2) is 4.79 Å². The van der Waals surface area contributed by atoms with Gasteiger partial charge in [-0.1, -0.05) is 0 Å².